The predicted octanol–water partition coefficient (Wildman–Crippen LogP) is 2.68. The van der Waals surface area contributed by atoms with E-state index < -0.39 is 5.63 Å². The molecule has 6 heteroatoms. The lowest BCUT2D eigenvalue weighted by Crippen LogP contribution is -2.49. The van der Waals surface area contributed by atoms with E-state index in [-0.39, 0.29) is 12.3 Å². The fraction of sp³-hybridized carbons (Fsp3) is 0.524. The summed E-state index contributed by atoms with van der Waals surface area (Å²) in [5, 5.41) is 0.856. The number of hydrogen-bond donors (Lipinski definition) is 0. The van der Waals surface area contributed by atoms with Crippen molar-refractivity contribution in [3.05, 3.63) is 45.8 Å². The lowest BCUT2D eigenvalue weighted by molar-refractivity contribution is -0.132. The van der Waals surface area contributed by atoms with Crippen LogP contribution in [0.5, 0.6) is 0 Å². The van der Waals surface area contributed by atoms with Crippen molar-refractivity contribution in [2.75, 3.05) is 37.7 Å². The van der Waals surface area contributed by atoms with Crippen LogP contribution in [-0.4, -0.2) is 59.4 Å². The van der Waals surface area contributed by atoms with Gasteiger partial charge in [-0.25, -0.2) is 4.79 Å². The lowest BCUT2D eigenvalue weighted by atomic mass is 10.0. The topological polar surface area (TPSA) is 53.8 Å². The number of likely N-dealkylation sites (tertiary alicyclic amines) is 1. The highest BCUT2D eigenvalue weighted by molar-refractivity contribution is 7.99. The van der Waals surface area contributed by atoms with Crippen molar-refractivity contribution in [1.82, 2.24) is 9.80 Å². The molecule has 0 spiro atoms. The van der Waals surface area contributed by atoms with Crippen molar-refractivity contribution in [2.24, 2.45) is 0 Å². The van der Waals surface area contributed by atoms with Gasteiger partial charge < -0.3 is 9.32 Å². The maximum Gasteiger partial charge on any atom is 0.336 e. The van der Waals surface area contributed by atoms with Crippen molar-refractivity contribution in [2.45, 2.75) is 32.2 Å². The van der Waals surface area contributed by atoms with Crippen LogP contribution < -0.4 is 5.63 Å². The molecule has 2 aromatic rings. The van der Waals surface area contributed by atoms with Gasteiger partial charge in [-0.2, -0.15) is 11.8 Å². The number of amides is 1. The minimum atomic E-state index is -0.391. The number of piperidine rings is 1. The molecule has 144 valence electrons. The van der Waals surface area contributed by atoms with Gasteiger partial charge >= 0.3 is 5.63 Å². The van der Waals surface area contributed by atoms with Gasteiger partial charge in [0.25, 0.3) is 0 Å². The third-order valence-electron chi connectivity index (χ3n) is 5.71. The number of carbonyl (C=O) groups is 1. The zero-order valence-corrected chi connectivity index (χ0v) is 16.6. The normalized spacial score (nSPS) is 19.5. The number of carbonyl (C=O) groups excluding carboxylic acids is 1. The molecule has 1 aromatic heterocycles. The average molecular weight is 387 g/mol. The Hall–Kier alpha value is -1.79. The molecular weight excluding hydrogens is 360 g/mol. The fourth-order valence-electron chi connectivity index (χ4n) is 4.18. The molecule has 1 amide bonds. The van der Waals surface area contributed by atoms with Gasteiger partial charge in [0, 0.05) is 55.2 Å². The van der Waals surface area contributed by atoms with E-state index in [4.69, 9.17) is 4.42 Å². The van der Waals surface area contributed by atoms with E-state index in [1.54, 1.807) is 0 Å². The van der Waals surface area contributed by atoms with Gasteiger partial charge in [0.2, 0.25) is 5.91 Å². The number of thioether (sulfide) groups is 1. The minimum Gasteiger partial charge on any atom is -0.423 e. The second-order valence-corrected chi connectivity index (χ2v) is 8.75. The van der Waals surface area contributed by atoms with Gasteiger partial charge in [0.1, 0.15) is 5.58 Å². The molecule has 2 fully saturated rings. The summed E-state index contributed by atoms with van der Waals surface area (Å²) in [5.41, 5.74) is 1.97. The van der Waals surface area contributed by atoms with Crippen LogP contribution in [0.2, 0.25) is 0 Å². The van der Waals surface area contributed by atoms with Gasteiger partial charge in [-0.15, -0.1) is 0 Å². The second-order valence-electron chi connectivity index (χ2n) is 7.53. The summed E-state index contributed by atoms with van der Waals surface area (Å²) in [7, 11) is 0. The molecule has 5 nitrogen and oxygen atoms in total. The van der Waals surface area contributed by atoms with E-state index in [0.717, 1.165) is 42.4 Å². The molecule has 1 aromatic carbocycles. The molecule has 3 heterocycles. The quantitative estimate of drug-likeness (QED) is 0.759. The average Bonchev–Trinajstić information content (AvgIpc) is 2.68. The first kappa shape index (κ1) is 18.6. The predicted molar refractivity (Wildman–Crippen MR) is 109 cm³/mol. The standard InChI is InChI=1S/C21H26N2O3S/c1-15-2-3-18-16(14-21(25)26-19(18)12-15)13-20(24)23-6-4-17(5-7-23)22-8-10-27-11-9-22/h2-3,12,14,17H,4-11,13H2,1H3. The van der Waals surface area contributed by atoms with Crippen LogP contribution in [0, 0.1) is 6.92 Å². The van der Waals surface area contributed by atoms with Crippen molar-refractivity contribution in [3.8, 4) is 0 Å². The Morgan fingerprint density at radius 2 is 1.89 bits per heavy atom. The van der Waals surface area contributed by atoms with E-state index >= 15 is 0 Å². The van der Waals surface area contributed by atoms with E-state index in [2.05, 4.69) is 4.90 Å². The summed E-state index contributed by atoms with van der Waals surface area (Å²) < 4.78 is 5.30. The maximum atomic E-state index is 12.8. The minimum absolute atomic E-state index is 0.107. The van der Waals surface area contributed by atoms with Crippen LogP contribution in [0.25, 0.3) is 11.0 Å². The fourth-order valence-corrected chi connectivity index (χ4v) is 5.11. The number of rotatable bonds is 3. The molecule has 0 saturated carbocycles. The largest absolute Gasteiger partial charge is 0.423 e. The van der Waals surface area contributed by atoms with E-state index in [1.165, 1.54) is 30.7 Å². The zero-order chi connectivity index (χ0) is 18.8. The molecule has 0 unspecified atom stereocenters. The summed E-state index contributed by atoms with van der Waals surface area (Å²) in [4.78, 5) is 29.3. The summed E-state index contributed by atoms with van der Waals surface area (Å²) in [5.74, 6) is 2.56. The van der Waals surface area contributed by atoms with Gasteiger partial charge in [-0.3, -0.25) is 9.69 Å². The Balaban J connectivity index is 1.43. The van der Waals surface area contributed by atoms with Crippen molar-refractivity contribution >= 4 is 28.6 Å². The molecule has 4 rings (SSSR count). The number of nitrogens with zero attached hydrogens (tertiary/aromatic N) is 2. The van der Waals surface area contributed by atoms with Crippen molar-refractivity contribution in [1.29, 1.82) is 0 Å². The van der Waals surface area contributed by atoms with Crippen LogP contribution in [0.15, 0.2) is 33.5 Å². The second kappa shape index (κ2) is 8.07. The highest BCUT2D eigenvalue weighted by Gasteiger charge is 2.28. The molecular formula is C21H26N2O3S. The number of hydrogen-bond acceptors (Lipinski definition) is 5. The van der Waals surface area contributed by atoms with E-state index in [0.29, 0.717) is 11.6 Å². The molecule has 2 aliphatic rings. The Labute approximate surface area is 163 Å². The van der Waals surface area contributed by atoms with Crippen molar-refractivity contribution < 1.29 is 9.21 Å². The summed E-state index contributed by atoms with van der Waals surface area (Å²) in [6.07, 6.45) is 2.36. The van der Waals surface area contributed by atoms with E-state index in [9.17, 15) is 9.59 Å². The first-order valence-electron chi connectivity index (χ1n) is 9.73. The zero-order valence-electron chi connectivity index (χ0n) is 15.8. The Kier molecular flexibility index (Phi) is 5.55. The van der Waals surface area contributed by atoms with Crippen LogP contribution in [0.1, 0.15) is 24.0 Å². The maximum absolute atomic E-state index is 12.8. The molecule has 0 radical (unpaired) electrons. The Bertz CT molecular complexity index is 881. The third-order valence-corrected chi connectivity index (χ3v) is 6.65. The third kappa shape index (κ3) is 4.22. The number of aryl methyl sites for hydroxylation is 1. The van der Waals surface area contributed by atoms with Crippen LogP contribution in [-0.2, 0) is 11.2 Å². The van der Waals surface area contributed by atoms with Crippen LogP contribution >= 0.6 is 11.8 Å². The SMILES string of the molecule is Cc1ccc2c(CC(=O)N3CCC(N4CCSCC4)CC3)cc(=O)oc2c1. The van der Waals surface area contributed by atoms with Crippen LogP contribution in [0.3, 0.4) is 0 Å². The summed E-state index contributed by atoms with van der Waals surface area (Å²) in [6.45, 7) is 5.93. The smallest absolute Gasteiger partial charge is 0.336 e. The summed E-state index contributed by atoms with van der Waals surface area (Å²) in [6, 6.07) is 7.86. The molecule has 0 atom stereocenters. The van der Waals surface area contributed by atoms with Gasteiger partial charge in [-0.1, -0.05) is 12.1 Å². The van der Waals surface area contributed by atoms with Crippen molar-refractivity contribution in [3.63, 3.8) is 0 Å². The van der Waals surface area contributed by atoms with Gasteiger partial charge in [0.05, 0.1) is 6.42 Å². The summed E-state index contributed by atoms with van der Waals surface area (Å²) >= 11 is 2.03. The Morgan fingerprint density at radius 3 is 2.63 bits per heavy atom. The molecule has 2 saturated heterocycles. The highest BCUT2D eigenvalue weighted by Crippen LogP contribution is 2.23. The first-order valence-corrected chi connectivity index (χ1v) is 10.9. The highest BCUT2D eigenvalue weighted by atomic mass is 32.2. The molecule has 0 aliphatic carbocycles. The lowest BCUT2D eigenvalue weighted by Gasteiger charge is -2.40. The number of fused-ring (bicyclic) bond motifs is 1. The van der Waals surface area contributed by atoms with Gasteiger partial charge in [-0.05, 0) is 37.0 Å². The number of benzene rings is 1. The molecule has 0 N–H and O–H groups in total. The molecule has 27 heavy (non-hydrogen) atoms. The molecule has 0 bridgehead atoms. The first-order chi connectivity index (χ1) is 13.1. The molecule has 2 aliphatic heterocycles. The van der Waals surface area contributed by atoms with E-state index in [1.807, 2.05) is 41.8 Å². The monoisotopic (exact) mass is 386 g/mol. The van der Waals surface area contributed by atoms with Gasteiger partial charge in [0.15, 0.2) is 0 Å². The Morgan fingerprint density at radius 1 is 1.15 bits per heavy atom. The van der Waals surface area contributed by atoms with Crippen LogP contribution in [0.4, 0.5) is 0 Å².